The lowest BCUT2D eigenvalue weighted by molar-refractivity contribution is -0.143. The minimum Gasteiger partial charge on any atom is -0.467 e. The van der Waals surface area contributed by atoms with E-state index in [1.54, 1.807) is 6.92 Å². The van der Waals surface area contributed by atoms with Crippen molar-refractivity contribution in [3.05, 3.63) is 59.7 Å². The molecular weight excluding hydrogens is 434 g/mol. The van der Waals surface area contributed by atoms with E-state index in [0.29, 0.717) is 12.8 Å². The molecule has 0 bridgehead atoms. The summed E-state index contributed by atoms with van der Waals surface area (Å²) in [6.45, 7) is 3.75. The summed E-state index contributed by atoms with van der Waals surface area (Å²) in [5, 5.41) is 12.7. The molecule has 0 saturated heterocycles. The summed E-state index contributed by atoms with van der Waals surface area (Å²) in [6.07, 6.45) is -0.426. The van der Waals surface area contributed by atoms with E-state index in [9.17, 15) is 19.5 Å². The van der Waals surface area contributed by atoms with Gasteiger partial charge < -0.3 is 19.9 Å². The Morgan fingerprint density at radius 1 is 1.00 bits per heavy atom. The van der Waals surface area contributed by atoms with Crippen LogP contribution in [0.25, 0.3) is 11.1 Å². The van der Waals surface area contributed by atoms with Crippen molar-refractivity contribution < 1.29 is 29.0 Å². The molecule has 3 rings (SSSR count). The minimum absolute atomic E-state index is 0.0130. The smallest absolute Gasteiger partial charge is 0.407 e. The van der Waals surface area contributed by atoms with Crippen LogP contribution in [-0.4, -0.2) is 48.8 Å². The quantitative estimate of drug-likeness (QED) is 0.480. The molecule has 7 nitrogen and oxygen atoms in total. The molecular formula is C27H33NO6. The Labute approximate surface area is 200 Å². The van der Waals surface area contributed by atoms with Crippen molar-refractivity contribution in [2.24, 2.45) is 5.92 Å². The Morgan fingerprint density at radius 2 is 1.59 bits per heavy atom. The van der Waals surface area contributed by atoms with Gasteiger partial charge in [0.05, 0.1) is 13.2 Å². The summed E-state index contributed by atoms with van der Waals surface area (Å²) in [6, 6.07) is 15.2. The molecule has 0 radical (unpaired) electrons. The highest BCUT2D eigenvalue weighted by Gasteiger charge is 2.30. The number of Topliss-reactive ketones (excluding diaryl/α,β-unsaturated/α-hetero) is 1. The second-order valence-electron chi connectivity index (χ2n) is 8.87. The van der Waals surface area contributed by atoms with E-state index in [2.05, 4.69) is 17.4 Å². The van der Waals surface area contributed by atoms with Crippen LogP contribution in [0.3, 0.4) is 0 Å². The van der Waals surface area contributed by atoms with E-state index in [1.165, 1.54) is 7.11 Å². The zero-order valence-corrected chi connectivity index (χ0v) is 20.0. The van der Waals surface area contributed by atoms with Gasteiger partial charge in [0.1, 0.15) is 18.4 Å². The Bertz CT molecular complexity index is 974. The molecule has 0 aromatic heterocycles. The number of hydrogen-bond acceptors (Lipinski definition) is 6. The zero-order chi connectivity index (χ0) is 24.7. The van der Waals surface area contributed by atoms with Crippen molar-refractivity contribution in [1.82, 2.24) is 5.32 Å². The van der Waals surface area contributed by atoms with E-state index >= 15 is 0 Å². The molecule has 34 heavy (non-hydrogen) atoms. The lowest BCUT2D eigenvalue weighted by Crippen LogP contribution is -2.43. The number of nitrogens with one attached hydrogen (secondary N) is 1. The van der Waals surface area contributed by atoms with Gasteiger partial charge in [0.25, 0.3) is 0 Å². The summed E-state index contributed by atoms with van der Waals surface area (Å²) < 4.78 is 10.4. The van der Waals surface area contributed by atoms with Crippen LogP contribution in [0.15, 0.2) is 48.5 Å². The number of hydrogen-bond donors (Lipinski definition) is 2. The summed E-state index contributed by atoms with van der Waals surface area (Å²) in [4.78, 5) is 36.4. The van der Waals surface area contributed by atoms with Crippen molar-refractivity contribution in [2.75, 3.05) is 13.7 Å². The number of ether oxygens (including phenoxy) is 2. The number of carbonyl (C=O) groups excluding carboxylic acids is 3. The van der Waals surface area contributed by atoms with Gasteiger partial charge >= 0.3 is 12.1 Å². The number of rotatable bonds is 11. The fourth-order valence-electron chi connectivity index (χ4n) is 4.59. The molecule has 2 aromatic carbocycles. The van der Waals surface area contributed by atoms with Gasteiger partial charge in [-0.3, -0.25) is 4.79 Å². The van der Waals surface area contributed by atoms with Crippen LogP contribution in [0.1, 0.15) is 56.6 Å². The Hall–Kier alpha value is -3.19. The van der Waals surface area contributed by atoms with Crippen LogP contribution >= 0.6 is 0 Å². The number of benzene rings is 2. The van der Waals surface area contributed by atoms with E-state index < -0.39 is 24.2 Å². The second-order valence-corrected chi connectivity index (χ2v) is 8.87. The third-order valence-electron chi connectivity index (χ3n) is 6.29. The fraction of sp³-hybridized carbons (Fsp3) is 0.444. The van der Waals surface area contributed by atoms with Crippen molar-refractivity contribution in [3.63, 3.8) is 0 Å². The molecule has 1 aliphatic rings. The molecule has 1 aliphatic carbocycles. The first kappa shape index (κ1) is 25.4. The van der Waals surface area contributed by atoms with Crippen LogP contribution in [0.5, 0.6) is 0 Å². The highest BCUT2D eigenvalue weighted by molar-refractivity contribution is 5.82. The number of carbonyl (C=O) groups is 3. The fourth-order valence-corrected chi connectivity index (χ4v) is 4.59. The molecule has 0 spiro atoms. The van der Waals surface area contributed by atoms with Crippen molar-refractivity contribution in [2.45, 2.75) is 57.6 Å². The van der Waals surface area contributed by atoms with E-state index in [1.807, 2.05) is 43.3 Å². The predicted molar refractivity (Wildman–Crippen MR) is 128 cm³/mol. The molecule has 0 unspecified atom stereocenters. The van der Waals surface area contributed by atoms with E-state index in [4.69, 9.17) is 9.47 Å². The number of methoxy groups -OCH3 is 1. The number of aliphatic hydroxyl groups excluding tert-OH is 1. The Morgan fingerprint density at radius 3 is 2.15 bits per heavy atom. The molecule has 7 heteroatoms. The third-order valence-corrected chi connectivity index (χ3v) is 6.29. The monoisotopic (exact) mass is 467 g/mol. The van der Waals surface area contributed by atoms with Gasteiger partial charge in [-0.25, -0.2) is 9.59 Å². The predicted octanol–water partition coefficient (Wildman–Crippen LogP) is 4.21. The maximum absolute atomic E-state index is 12.6. The maximum Gasteiger partial charge on any atom is 0.407 e. The topological polar surface area (TPSA) is 102 Å². The standard InChI is InChI=1S/C27H33NO6/c1-4-18(29)15-19(30)13-17(2)14-25(26(31)33-3)28-27(32)34-16-24-22-11-7-5-9-20(22)21-10-6-8-12-23(21)24/h5-12,17,19,24-25,30H,4,13-16H2,1-3H3,(H,28,32)/t17-,19-,25+/m1/s1. The Balaban J connectivity index is 1.59. The van der Waals surface area contributed by atoms with Gasteiger partial charge in [-0.15, -0.1) is 0 Å². The van der Waals surface area contributed by atoms with Crippen molar-refractivity contribution in [1.29, 1.82) is 0 Å². The number of alkyl carbamates (subject to hydrolysis) is 1. The Kier molecular flexibility index (Phi) is 8.82. The van der Waals surface area contributed by atoms with Gasteiger partial charge in [-0.1, -0.05) is 62.4 Å². The summed E-state index contributed by atoms with van der Waals surface area (Å²) in [5.74, 6) is -0.807. The summed E-state index contributed by atoms with van der Waals surface area (Å²) in [5.41, 5.74) is 4.47. The molecule has 2 aromatic rings. The lowest BCUT2D eigenvalue weighted by Gasteiger charge is -2.22. The van der Waals surface area contributed by atoms with Crippen LogP contribution in [-0.2, 0) is 19.1 Å². The molecule has 182 valence electrons. The molecule has 0 fully saturated rings. The highest BCUT2D eigenvalue weighted by atomic mass is 16.6. The van der Waals surface area contributed by atoms with Gasteiger partial charge in [0.2, 0.25) is 0 Å². The number of aliphatic hydroxyl groups is 1. The number of amides is 1. The first-order valence-corrected chi connectivity index (χ1v) is 11.7. The first-order chi connectivity index (χ1) is 16.3. The van der Waals surface area contributed by atoms with Crippen LogP contribution < -0.4 is 5.32 Å². The van der Waals surface area contributed by atoms with Gasteiger partial charge in [0.15, 0.2) is 0 Å². The molecule has 2 N–H and O–H groups in total. The van der Waals surface area contributed by atoms with Gasteiger partial charge in [-0.2, -0.15) is 0 Å². The van der Waals surface area contributed by atoms with E-state index in [0.717, 1.165) is 22.3 Å². The zero-order valence-electron chi connectivity index (χ0n) is 20.0. The van der Waals surface area contributed by atoms with Crippen LogP contribution in [0, 0.1) is 5.92 Å². The molecule has 0 saturated carbocycles. The average molecular weight is 468 g/mol. The molecule has 0 heterocycles. The van der Waals surface area contributed by atoms with Crippen molar-refractivity contribution in [3.8, 4) is 11.1 Å². The maximum atomic E-state index is 12.6. The molecule has 3 atom stereocenters. The lowest BCUT2D eigenvalue weighted by atomic mass is 9.93. The number of ketones is 1. The van der Waals surface area contributed by atoms with Crippen LogP contribution in [0.2, 0.25) is 0 Å². The summed E-state index contributed by atoms with van der Waals surface area (Å²) in [7, 11) is 1.26. The van der Waals surface area contributed by atoms with Crippen LogP contribution in [0.4, 0.5) is 4.79 Å². The largest absolute Gasteiger partial charge is 0.467 e. The van der Waals surface area contributed by atoms with Gasteiger partial charge in [0, 0.05) is 18.8 Å². The average Bonchev–Trinajstić information content (AvgIpc) is 3.15. The van der Waals surface area contributed by atoms with E-state index in [-0.39, 0.29) is 37.1 Å². The number of esters is 1. The van der Waals surface area contributed by atoms with Gasteiger partial charge in [-0.05, 0) is 41.0 Å². The SMILES string of the molecule is CCC(=O)C[C@H](O)C[C@@H](C)C[C@H](NC(=O)OCC1c2ccccc2-c2ccccc21)C(=O)OC. The normalized spacial score (nSPS) is 14.9. The third kappa shape index (κ3) is 6.23. The number of fused-ring (bicyclic) bond motifs is 3. The molecule has 1 amide bonds. The molecule has 0 aliphatic heterocycles. The van der Waals surface area contributed by atoms with Crippen molar-refractivity contribution >= 4 is 17.8 Å². The second kappa shape index (κ2) is 11.8. The minimum atomic E-state index is -0.912. The first-order valence-electron chi connectivity index (χ1n) is 11.7. The summed E-state index contributed by atoms with van der Waals surface area (Å²) >= 11 is 0. The highest BCUT2D eigenvalue weighted by Crippen LogP contribution is 2.44.